The first-order valence-corrected chi connectivity index (χ1v) is 5.26. The van der Waals surface area contributed by atoms with Crippen LogP contribution in [0.25, 0.3) is 0 Å². The van der Waals surface area contributed by atoms with Gasteiger partial charge in [0.2, 0.25) is 5.96 Å². The lowest BCUT2D eigenvalue weighted by Gasteiger charge is -2.25. The Labute approximate surface area is 88.1 Å². The summed E-state index contributed by atoms with van der Waals surface area (Å²) in [5.74, 6) is 2.94. The number of aliphatic imine (C=N–C) groups is 2. The minimum absolute atomic E-state index is 0.840. The normalized spacial score (nSPS) is 18.4. The summed E-state index contributed by atoms with van der Waals surface area (Å²) in [5.41, 5.74) is 0.987. The molecule has 0 atom stereocenters. The van der Waals surface area contributed by atoms with Crippen molar-refractivity contribution in [1.29, 1.82) is 0 Å². The molecule has 0 N–H and O–H groups in total. The zero-order chi connectivity index (χ0) is 10.4. The molecule has 1 aromatic heterocycles. The molecule has 5 heteroatoms. The van der Waals surface area contributed by atoms with Gasteiger partial charge in [0, 0.05) is 19.0 Å². The van der Waals surface area contributed by atoms with Crippen LogP contribution in [0.3, 0.4) is 0 Å². The molecular weight excluding hydrogens is 190 g/mol. The number of hydrogen-bond acceptors (Lipinski definition) is 4. The molecule has 0 aromatic carbocycles. The largest absolute Gasteiger partial charge is 0.297 e. The second-order valence-corrected chi connectivity index (χ2v) is 3.77. The smallest absolute Gasteiger partial charge is 0.229 e. The Morgan fingerprint density at radius 2 is 2.33 bits per heavy atom. The highest BCUT2D eigenvalue weighted by Gasteiger charge is 2.29. The highest BCUT2D eigenvalue weighted by atomic mass is 15.5. The minimum Gasteiger partial charge on any atom is -0.297 e. The fourth-order valence-corrected chi connectivity index (χ4v) is 2.04. The molecule has 0 fully saturated rings. The topological polar surface area (TPSA) is 45.8 Å². The van der Waals surface area contributed by atoms with Crippen molar-refractivity contribution in [3.8, 4) is 0 Å². The van der Waals surface area contributed by atoms with Gasteiger partial charge >= 0.3 is 0 Å². The molecule has 0 bridgehead atoms. The average Bonchev–Trinajstić information content (AvgIpc) is 2.80. The molecule has 5 nitrogen and oxygen atoms in total. The third kappa shape index (κ3) is 1.12. The van der Waals surface area contributed by atoms with Gasteiger partial charge in [0.25, 0.3) is 0 Å². The SMILES string of the molecule is CCC1=Nc2cc(C)nn2C2=NCCN12. The molecule has 78 valence electrons. The van der Waals surface area contributed by atoms with Crippen molar-refractivity contribution in [3.05, 3.63) is 11.8 Å². The van der Waals surface area contributed by atoms with Gasteiger partial charge in [0.05, 0.1) is 12.2 Å². The third-order valence-corrected chi connectivity index (χ3v) is 2.69. The molecule has 0 unspecified atom stereocenters. The third-order valence-electron chi connectivity index (χ3n) is 2.69. The first-order chi connectivity index (χ1) is 7.29. The summed E-state index contributed by atoms with van der Waals surface area (Å²) in [6.45, 7) is 5.87. The van der Waals surface area contributed by atoms with E-state index in [-0.39, 0.29) is 0 Å². The summed E-state index contributed by atoms with van der Waals surface area (Å²) in [6.07, 6.45) is 0.934. The Morgan fingerprint density at radius 3 is 3.13 bits per heavy atom. The summed E-state index contributed by atoms with van der Waals surface area (Å²) in [7, 11) is 0. The Balaban J connectivity index is 2.19. The maximum atomic E-state index is 4.59. The molecule has 3 rings (SSSR count). The Morgan fingerprint density at radius 1 is 1.47 bits per heavy atom. The summed E-state index contributed by atoms with van der Waals surface area (Å²) < 4.78 is 1.83. The summed E-state index contributed by atoms with van der Waals surface area (Å²) in [5, 5.41) is 4.40. The molecule has 2 aliphatic rings. The van der Waals surface area contributed by atoms with E-state index in [1.54, 1.807) is 0 Å². The van der Waals surface area contributed by atoms with Gasteiger partial charge in [0.1, 0.15) is 5.84 Å². The van der Waals surface area contributed by atoms with Crippen LogP contribution in [0.2, 0.25) is 0 Å². The number of fused-ring (bicyclic) bond motifs is 3. The lowest BCUT2D eigenvalue weighted by Crippen LogP contribution is -2.40. The summed E-state index contributed by atoms with van der Waals surface area (Å²) in [6, 6.07) is 1.99. The number of nitrogens with zero attached hydrogens (tertiary/aromatic N) is 5. The first kappa shape index (κ1) is 8.64. The average molecular weight is 203 g/mol. The number of rotatable bonds is 1. The Bertz CT molecular complexity index is 468. The van der Waals surface area contributed by atoms with E-state index >= 15 is 0 Å². The van der Waals surface area contributed by atoms with Crippen LogP contribution in [0.15, 0.2) is 16.1 Å². The van der Waals surface area contributed by atoms with Gasteiger partial charge in [-0.1, -0.05) is 6.92 Å². The Kier molecular flexibility index (Phi) is 1.68. The van der Waals surface area contributed by atoms with Gasteiger partial charge in [-0.2, -0.15) is 9.78 Å². The van der Waals surface area contributed by atoms with Crippen LogP contribution in [-0.2, 0) is 0 Å². The predicted octanol–water partition coefficient (Wildman–Crippen LogP) is 1.16. The van der Waals surface area contributed by atoms with E-state index in [2.05, 4.69) is 26.9 Å². The molecule has 0 aliphatic carbocycles. The van der Waals surface area contributed by atoms with E-state index in [1.165, 1.54) is 0 Å². The molecule has 0 radical (unpaired) electrons. The van der Waals surface area contributed by atoms with Crippen LogP contribution >= 0.6 is 0 Å². The molecular formula is C10H13N5. The van der Waals surface area contributed by atoms with E-state index in [0.717, 1.165) is 42.8 Å². The van der Waals surface area contributed by atoms with Gasteiger partial charge < -0.3 is 0 Å². The van der Waals surface area contributed by atoms with Crippen LogP contribution in [0.5, 0.6) is 0 Å². The number of hydrogen-bond donors (Lipinski definition) is 0. The van der Waals surface area contributed by atoms with E-state index in [9.17, 15) is 0 Å². The molecule has 3 heterocycles. The van der Waals surface area contributed by atoms with Crippen LogP contribution in [0, 0.1) is 6.92 Å². The number of aromatic nitrogens is 2. The summed E-state index contributed by atoms with van der Waals surface area (Å²) >= 11 is 0. The van der Waals surface area contributed by atoms with Crippen LogP contribution in [-0.4, -0.2) is 39.6 Å². The molecule has 2 aliphatic heterocycles. The molecule has 0 saturated heterocycles. The maximum absolute atomic E-state index is 4.59. The second-order valence-electron chi connectivity index (χ2n) is 3.77. The van der Waals surface area contributed by atoms with E-state index in [4.69, 9.17) is 0 Å². The highest BCUT2D eigenvalue weighted by Crippen LogP contribution is 2.23. The highest BCUT2D eigenvalue weighted by molar-refractivity contribution is 6.05. The Hall–Kier alpha value is -1.65. The number of amidine groups is 1. The lowest BCUT2D eigenvalue weighted by atomic mass is 10.3. The van der Waals surface area contributed by atoms with Crippen molar-refractivity contribution in [3.63, 3.8) is 0 Å². The maximum Gasteiger partial charge on any atom is 0.229 e. The van der Waals surface area contributed by atoms with Crippen molar-refractivity contribution < 1.29 is 0 Å². The molecule has 0 saturated carbocycles. The number of aryl methyl sites for hydroxylation is 1. The van der Waals surface area contributed by atoms with E-state index < -0.39 is 0 Å². The van der Waals surface area contributed by atoms with Gasteiger partial charge in [0.15, 0.2) is 5.82 Å². The molecule has 1 aromatic rings. The zero-order valence-corrected chi connectivity index (χ0v) is 8.93. The van der Waals surface area contributed by atoms with Gasteiger partial charge in [-0.25, -0.2) is 9.98 Å². The van der Waals surface area contributed by atoms with E-state index in [1.807, 2.05) is 17.7 Å². The van der Waals surface area contributed by atoms with Crippen molar-refractivity contribution in [2.45, 2.75) is 20.3 Å². The molecule has 0 spiro atoms. The van der Waals surface area contributed by atoms with Crippen molar-refractivity contribution in [2.75, 3.05) is 13.1 Å². The van der Waals surface area contributed by atoms with Gasteiger partial charge in [-0.05, 0) is 6.92 Å². The second kappa shape index (κ2) is 2.92. The standard InChI is InChI=1S/C10H13N5/c1-3-8-12-9-6-7(2)13-15(9)10-11-4-5-14(8)10/h6H,3-5H2,1-2H3. The van der Waals surface area contributed by atoms with Crippen LogP contribution in [0.1, 0.15) is 19.0 Å². The fourth-order valence-electron chi connectivity index (χ4n) is 2.04. The van der Waals surface area contributed by atoms with Crippen LogP contribution < -0.4 is 0 Å². The van der Waals surface area contributed by atoms with Crippen molar-refractivity contribution in [1.82, 2.24) is 14.7 Å². The van der Waals surface area contributed by atoms with Crippen LogP contribution in [0.4, 0.5) is 5.82 Å². The minimum atomic E-state index is 0.840. The fraction of sp³-hybridized carbons (Fsp3) is 0.500. The first-order valence-electron chi connectivity index (χ1n) is 5.26. The van der Waals surface area contributed by atoms with E-state index in [0.29, 0.717) is 0 Å². The quantitative estimate of drug-likeness (QED) is 0.687. The lowest BCUT2D eigenvalue weighted by molar-refractivity contribution is 0.607. The monoisotopic (exact) mass is 203 g/mol. The predicted molar refractivity (Wildman–Crippen MR) is 58.8 cm³/mol. The van der Waals surface area contributed by atoms with Crippen molar-refractivity contribution >= 4 is 17.6 Å². The zero-order valence-electron chi connectivity index (χ0n) is 8.93. The van der Waals surface area contributed by atoms with Gasteiger partial charge in [-0.3, -0.25) is 4.90 Å². The van der Waals surface area contributed by atoms with Gasteiger partial charge in [-0.15, -0.1) is 0 Å². The summed E-state index contributed by atoms with van der Waals surface area (Å²) in [4.78, 5) is 11.2. The van der Waals surface area contributed by atoms with Crippen molar-refractivity contribution in [2.24, 2.45) is 9.98 Å². The molecule has 0 amide bonds. The molecule has 15 heavy (non-hydrogen) atoms.